The Morgan fingerprint density at radius 3 is 2.71 bits per heavy atom. The summed E-state index contributed by atoms with van der Waals surface area (Å²) in [7, 11) is 1.64. The zero-order valence-electron chi connectivity index (χ0n) is 16.7. The van der Waals surface area contributed by atoms with Crippen LogP contribution in [-0.2, 0) is 14.2 Å². The maximum absolute atomic E-state index is 11.4. The van der Waals surface area contributed by atoms with Crippen LogP contribution in [0.25, 0.3) is 16.3 Å². The summed E-state index contributed by atoms with van der Waals surface area (Å²) in [5.41, 5.74) is 1.80. The fourth-order valence-electron chi connectivity index (χ4n) is 3.81. The van der Waals surface area contributed by atoms with Gasteiger partial charge in [0, 0.05) is 12.7 Å². The zero-order chi connectivity index (χ0) is 21.5. The molecule has 0 bridgehead atoms. The van der Waals surface area contributed by atoms with E-state index < -0.39 is 5.97 Å². The van der Waals surface area contributed by atoms with Gasteiger partial charge >= 0.3 is 5.97 Å². The smallest absolute Gasteiger partial charge is 0.347 e. The summed E-state index contributed by atoms with van der Waals surface area (Å²) in [6.45, 7) is 2.51. The second-order valence-electron chi connectivity index (χ2n) is 7.20. The number of rotatable bonds is 6. The van der Waals surface area contributed by atoms with Crippen molar-refractivity contribution in [1.29, 1.82) is 0 Å². The third kappa shape index (κ3) is 3.57. The number of fused-ring (bicyclic) bond motifs is 1. The molecule has 0 amide bonds. The molecular weight excluding hydrogens is 426 g/mol. The lowest BCUT2D eigenvalue weighted by molar-refractivity contribution is -0.0138. The molecule has 2 aliphatic heterocycles. The monoisotopic (exact) mass is 445 g/mol. The number of methoxy groups -OCH3 is 1. The van der Waals surface area contributed by atoms with Crippen LogP contribution >= 0.6 is 11.3 Å². The molecule has 3 aromatic rings. The van der Waals surface area contributed by atoms with Crippen LogP contribution < -0.4 is 4.74 Å². The molecule has 1 aromatic carbocycles. The lowest BCUT2D eigenvalue weighted by atomic mass is 10.1. The summed E-state index contributed by atoms with van der Waals surface area (Å²) in [4.78, 5) is 16.0. The minimum absolute atomic E-state index is 0.114. The Bertz CT molecular complexity index is 1100. The third-order valence-corrected chi connectivity index (χ3v) is 6.53. The summed E-state index contributed by atoms with van der Waals surface area (Å²) in [5.74, 6) is -0.454. The fraction of sp³-hybridized carbons (Fsp3) is 0.421. The number of nitrogens with zero attached hydrogens (tertiary/aromatic N) is 5. The molecule has 1 N–H and O–H groups in total. The van der Waals surface area contributed by atoms with Crippen molar-refractivity contribution in [3.63, 3.8) is 0 Å². The number of hydrogen-bond acceptors (Lipinski definition) is 10. The normalized spacial score (nSPS) is 25.0. The lowest BCUT2D eigenvalue weighted by Gasteiger charge is -2.20. The predicted molar refractivity (Wildman–Crippen MR) is 107 cm³/mol. The van der Waals surface area contributed by atoms with Crippen LogP contribution in [0.5, 0.6) is 5.75 Å². The van der Waals surface area contributed by atoms with E-state index in [1.54, 1.807) is 20.1 Å². The molecule has 12 heteroatoms. The highest BCUT2D eigenvalue weighted by atomic mass is 32.1. The molecule has 162 valence electrons. The highest BCUT2D eigenvalue weighted by molar-refractivity contribution is 7.17. The second-order valence-corrected chi connectivity index (χ2v) is 8.20. The van der Waals surface area contributed by atoms with Crippen LogP contribution in [0.2, 0.25) is 0 Å². The van der Waals surface area contributed by atoms with Gasteiger partial charge < -0.3 is 24.1 Å². The molecule has 4 atom stereocenters. The Labute approximate surface area is 180 Å². The standard InChI is InChI=1S/C19H19N5O6S/c1-9-17(19(25)26)31-18(21-9)10-3-4-12(11(5-10)24-8-20-22-23-24)30-14-7-29-15-13(27-2)6-28-16(14)15/h3-5,8,13-16H,6-7H2,1-2H3,(H,25,26)/t13-,14-,15+,16+/m0/s1. The van der Waals surface area contributed by atoms with Crippen molar-refractivity contribution < 1.29 is 28.8 Å². The number of aromatic carboxylic acids is 1. The Balaban J connectivity index is 1.47. The largest absolute Gasteiger partial charge is 0.483 e. The van der Waals surface area contributed by atoms with E-state index in [1.165, 1.54) is 11.0 Å². The van der Waals surface area contributed by atoms with Crippen LogP contribution in [0.1, 0.15) is 15.4 Å². The number of carbonyl (C=O) groups is 1. The SMILES string of the molecule is CO[C@H]1CO[C@H]2[C@@H]1OC[C@@H]2Oc1ccc(-c2nc(C)c(C(=O)O)s2)cc1-n1cnnn1. The molecule has 0 unspecified atom stereocenters. The van der Waals surface area contributed by atoms with Gasteiger partial charge in [-0.3, -0.25) is 0 Å². The van der Waals surface area contributed by atoms with Crippen molar-refractivity contribution in [1.82, 2.24) is 25.2 Å². The fourth-order valence-corrected chi connectivity index (χ4v) is 4.72. The summed E-state index contributed by atoms with van der Waals surface area (Å²) in [5, 5.41) is 21.3. The number of ether oxygens (including phenoxy) is 4. The first-order valence-corrected chi connectivity index (χ1v) is 10.4. The van der Waals surface area contributed by atoms with Gasteiger partial charge in [0.2, 0.25) is 0 Å². The van der Waals surface area contributed by atoms with Crippen LogP contribution in [0.3, 0.4) is 0 Å². The van der Waals surface area contributed by atoms with Crippen molar-refractivity contribution in [2.45, 2.75) is 31.3 Å². The van der Waals surface area contributed by atoms with E-state index in [0.717, 1.165) is 16.9 Å². The Hall–Kier alpha value is -2.93. The molecular formula is C19H19N5O6S. The molecule has 0 radical (unpaired) electrons. The minimum atomic E-state index is -0.997. The molecule has 2 saturated heterocycles. The number of aromatic nitrogens is 5. The van der Waals surface area contributed by atoms with Gasteiger partial charge in [-0.2, -0.15) is 4.68 Å². The summed E-state index contributed by atoms with van der Waals surface area (Å²) < 4.78 is 24.8. The number of carboxylic acids is 1. The number of benzene rings is 1. The zero-order valence-corrected chi connectivity index (χ0v) is 17.5. The first-order valence-electron chi connectivity index (χ1n) is 9.56. The van der Waals surface area contributed by atoms with E-state index in [1.807, 2.05) is 12.1 Å². The van der Waals surface area contributed by atoms with Crippen molar-refractivity contribution in [3.05, 3.63) is 35.1 Å². The van der Waals surface area contributed by atoms with Crippen LogP contribution in [0.4, 0.5) is 0 Å². The molecule has 0 aliphatic carbocycles. The quantitative estimate of drug-likeness (QED) is 0.593. The van der Waals surface area contributed by atoms with E-state index in [0.29, 0.717) is 35.4 Å². The van der Waals surface area contributed by atoms with Crippen LogP contribution in [0, 0.1) is 6.92 Å². The number of tetrazole rings is 1. The van der Waals surface area contributed by atoms with Gasteiger partial charge in [0.15, 0.2) is 6.10 Å². The molecule has 2 aliphatic rings. The first kappa shape index (κ1) is 20.0. The summed E-state index contributed by atoms with van der Waals surface area (Å²) >= 11 is 1.11. The first-order chi connectivity index (χ1) is 15.0. The maximum atomic E-state index is 11.4. The Morgan fingerprint density at radius 1 is 1.26 bits per heavy atom. The van der Waals surface area contributed by atoms with Gasteiger partial charge in [0.25, 0.3) is 0 Å². The Kier molecular flexibility index (Phi) is 5.14. The van der Waals surface area contributed by atoms with Crippen molar-refractivity contribution in [2.24, 2.45) is 0 Å². The number of hydrogen-bond donors (Lipinski definition) is 1. The van der Waals surface area contributed by atoms with Crippen LogP contribution in [0.15, 0.2) is 24.5 Å². The van der Waals surface area contributed by atoms with E-state index >= 15 is 0 Å². The average molecular weight is 445 g/mol. The molecule has 0 spiro atoms. The molecule has 0 saturated carbocycles. The number of carboxylic acid groups (broad SMARTS) is 1. The molecule has 4 heterocycles. The number of aryl methyl sites for hydroxylation is 1. The molecule has 11 nitrogen and oxygen atoms in total. The van der Waals surface area contributed by atoms with Gasteiger partial charge in [-0.25, -0.2) is 9.78 Å². The minimum Gasteiger partial charge on any atom is -0.483 e. The van der Waals surface area contributed by atoms with E-state index in [4.69, 9.17) is 18.9 Å². The topological polar surface area (TPSA) is 131 Å². The van der Waals surface area contributed by atoms with E-state index in [2.05, 4.69) is 20.5 Å². The molecule has 31 heavy (non-hydrogen) atoms. The molecule has 2 aromatic heterocycles. The number of thiazole rings is 1. The highest BCUT2D eigenvalue weighted by Gasteiger charge is 2.49. The molecule has 5 rings (SSSR count). The van der Waals surface area contributed by atoms with Crippen LogP contribution in [-0.4, -0.2) is 81.0 Å². The van der Waals surface area contributed by atoms with Crippen molar-refractivity contribution in [2.75, 3.05) is 20.3 Å². The van der Waals surface area contributed by atoms with Gasteiger partial charge in [-0.15, -0.1) is 16.4 Å². The highest BCUT2D eigenvalue weighted by Crippen LogP contribution is 2.36. The predicted octanol–water partition coefficient (Wildman–Crippen LogP) is 1.35. The lowest BCUT2D eigenvalue weighted by Crippen LogP contribution is -2.35. The summed E-state index contributed by atoms with van der Waals surface area (Å²) in [6.07, 6.45) is 0.635. The van der Waals surface area contributed by atoms with E-state index in [9.17, 15) is 9.90 Å². The average Bonchev–Trinajstić information content (AvgIpc) is 3.54. The van der Waals surface area contributed by atoms with Gasteiger partial charge in [-0.05, 0) is 35.5 Å². The Morgan fingerprint density at radius 2 is 2.03 bits per heavy atom. The second kappa shape index (κ2) is 7.96. The van der Waals surface area contributed by atoms with Crippen molar-refractivity contribution in [3.8, 4) is 22.0 Å². The van der Waals surface area contributed by atoms with E-state index in [-0.39, 0.29) is 29.3 Å². The maximum Gasteiger partial charge on any atom is 0.347 e. The molecule has 2 fully saturated rings. The van der Waals surface area contributed by atoms with Gasteiger partial charge in [0.1, 0.15) is 46.0 Å². The third-order valence-electron chi connectivity index (χ3n) is 5.34. The van der Waals surface area contributed by atoms with Gasteiger partial charge in [0.05, 0.1) is 18.9 Å². The van der Waals surface area contributed by atoms with Crippen molar-refractivity contribution >= 4 is 17.3 Å². The summed E-state index contributed by atoms with van der Waals surface area (Å²) in [6, 6.07) is 5.43. The van der Waals surface area contributed by atoms with Gasteiger partial charge in [-0.1, -0.05) is 0 Å².